The quantitative estimate of drug-likeness (QED) is 0.927. The van der Waals surface area contributed by atoms with Crippen molar-refractivity contribution in [3.63, 3.8) is 0 Å². The van der Waals surface area contributed by atoms with Gasteiger partial charge in [0.2, 0.25) is 0 Å². The molecule has 0 radical (unpaired) electrons. The van der Waals surface area contributed by atoms with Crippen molar-refractivity contribution in [2.45, 2.75) is 70.6 Å². The minimum atomic E-state index is 0.407. The zero-order valence-corrected chi connectivity index (χ0v) is 13.7. The van der Waals surface area contributed by atoms with Crippen LogP contribution in [0.2, 0.25) is 0 Å². The molecule has 116 valence electrons. The number of nitrogens with zero attached hydrogens (tertiary/aromatic N) is 1. The van der Waals surface area contributed by atoms with Gasteiger partial charge in [-0.3, -0.25) is 4.90 Å². The monoisotopic (exact) mass is 288 g/mol. The highest BCUT2D eigenvalue weighted by Crippen LogP contribution is 2.42. The fourth-order valence-corrected chi connectivity index (χ4v) is 4.54. The van der Waals surface area contributed by atoms with Crippen LogP contribution in [0.25, 0.3) is 0 Å². The Balaban J connectivity index is 1.89. The number of fused-ring (bicyclic) bond motifs is 2. The highest BCUT2D eigenvalue weighted by molar-refractivity contribution is 5.44. The van der Waals surface area contributed by atoms with Crippen LogP contribution >= 0.6 is 0 Å². The van der Waals surface area contributed by atoms with Crippen molar-refractivity contribution in [3.8, 4) is 5.75 Å². The van der Waals surface area contributed by atoms with Crippen LogP contribution in [-0.4, -0.2) is 30.1 Å². The molecule has 0 aromatic heterocycles. The Morgan fingerprint density at radius 2 is 1.76 bits per heavy atom. The number of piperidine rings is 1. The molecular formula is C18H28N2O. The van der Waals surface area contributed by atoms with E-state index >= 15 is 0 Å². The lowest BCUT2D eigenvalue weighted by Gasteiger charge is -2.42. The molecule has 2 aliphatic heterocycles. The van der Waals surface area contributed by atoms with Gasteiger partial charge in [0.1, 0.15) is 5.75 Å². The summed E-state index contributed by atoms with van der Waals surface area (Å²) in [5.41, 5.74) is 10.3. The van der Waals surface area contributed by atoms with E-state index in [2.05, 4.69) is 37.8 Å². The van der Waals surface area contributed by atoms with E-state index in [1.807, 2.05) is 0 Å². The highest BCUT2D eigenvalue weighted by atomic mass is 16.5. The number of hydrogen-bond acceptors (Lipinski definition) is 3. The molecule has 3 atom stereocenters. The van der Waals surface area contributed by atoms with Gasteiger partial charge in [-0.25, -0.2) is 0 Å². The molecular weight excluding hydrogens is 260 g/mol. The fourth-order valence-electron chi connectivity index (χ4n) is 4.54. The first-order valence-corrected chi connectivity index (χ1v) is 8.20. The van der Waals surface area contributed by atoms with Crippen molar-refractivity contribution in [2.24, 2.45) is 5.73 Å². The summed E-state index contributed by atoms with van der Waals surface area (Å²) >= 11 is 0. The topological polar surface area (TPSA) is 38.5 Å². The van der Waals surface area contributed by atoms with Crippen molar-refractivity contribution in [2.75, 3.05) is 7.11 Å². The Kier molecular flexibility index (Phi) is 3.98. The SMILES string of the molecule is COc1ccc(C(C)N2C3CCC2CC(N)C3)c(C)c1C. The van der Waals surface area contributed by atoms with E-state index in [0.29, 0.717) is 24.2 Å². The molecule has 2 N–H and O–H groups in total. The largest absolute Gasteiger partial charge is 0.496 e. The minimum absolute atomic E-state index is 0.407. The van der Waals surface area contributed by atoms with Gasteiger partial charge in [0.25, 0.3) is 0 Å². The van der Waals surface area contributed by atoms with Crippen molar-refractivity contribution < 1.29 is 4.74 Å². The molecule has 2 bridgehead atoms. The highest BCUT2D eigenvalue weighted by Gasteiger charge is 2.42. The van der Waals surface area contributed by atoms with E-state index in [0.717, 1.165) is 18.6 Å². The fraction of sp³-hybridized carbons (Fsp3) is 0.667. The summed E-state index contributed by atoms with van der Waals surface area (Å²) in [5.74, 6) is 0.993. The van der Waals surface area contributed by atoms with Crippen molar-refractivity contribution >= 4 is 0 Å². The van der Waals surface area contributed by atoms with Gasteiger partial charge in [-0.15, -0.1) is 0 Å². The second kappa shape index (κ2) is 5.62. The van der Waals surface area contributed by atoms with E-state index in [9.17, 15) is 0 Å². The molecule has 0 saturated carbocycles. The maximum Gasteiger partial charge on any atom is 0.122 e. The molecule has 3 rings (SSSR count). The molecule has 2 saturated heterocycles. The Hall–Kier alpha value is -1.06. The minimum Gasteiger partial charge on any atom is -0.496 e. The van der Waals surface area contributed by atoms with E-state index in [1.54, 1.807) is 7.11 Å². The van der Waals surface area contributed by atoms with Crippen LogP contribution in [0.4, 0.5) is 0 Å². The standard InChI is InChI=1S/C18H28N2O/c1-11-12(2)18(21-4)8-7-17(11)13(3)20-15-5-6-16(20)10-14(19)9-15/h7-8,13-16H,5-6,9-10,19H2,1-4H3. The van der Waals surface area contributed by atoms with Crippen LogP contribution in [0.1, 0.15) is 55.3 Å². The molecule has 2 aliphatic rings. The van der Waals surface area contributed by atoms with E-state index in [4.69, 9.17) is 10.5 Å². The average Bonchev–Trinajstić information content (AvgIpc) is 2.73. The third-order valence-electron chi connectivity index (χ3n) is 5.72. The maximum atomic E-state index is 6.21. The molecule has 3 heteroatoms. The Labute approximate surface area is 128 Å². The summed E-state index contributed by atoms with van der Waals surface area (Å²) in [4.78, 5) is 2.73. The molecule has 0 amide bonds. The van der Waals surface area contributed by atoms with Gasteiger partial charge in [0.05, 0.1) is 7.11 Å². The van der Waals surface area contributed by atoms with Gasteiger partial charge in [-0.1, -0.05) is 6.07 Å². The molecule has 1 aromatic carbocycles. The lowest BCUT2D eigenvalue weighted by molar-refractivity contribution is 0.0850. The summed E-state index contributed by atoms with van der Waals surface area (Å²) in [6, 6.07) is 6.60. The zero-order valence-electron chi connectivity index (χ0n) is 13.7. The summed E-state index contributed by atoms with van der Waals surface area (Å²) in [6.07, 6.45) is 4.96. The van der Waals surface area contributed by atoms with Gasteiger partial charge in [-0.2, -0.15) is 0 Å². The van der Waals surface area contributed by atoms with Gasteiger partial charge in [0.15, 0.2) is 0 Å². The van der Waals surface area contributed by atoms with Crippen LogP contribution in [0.3, 0.4) is 0 Å². The molecule has 0 spiro atoms. The number of nitrogens with two attached hydrogens (primary N) is 1. The number of ether oxygens (including phenoxy) is 1. The molecule has 1 aromatic rings. The second-order valence-corrected chi connectivity index (χ2v) is 6.85. The first-order valence-electron chi connectivity index (χ1n) is 8.20. The number of rotatable bonds is 3. The van der Waals surface area contributed by atoms with Crippen LogP contribution in [0.5, 0.6) is 5.75 Å². The molecule has 3 nitrogen and oxygen atoms in total. The Morgan fingerprint density at radius 1 is 1.14 bits per heavy atom. The lowest BCUT2D eigenvalue weighted by Crippen LogP contribution is -2.48. The lowest BCUT2D eigenvalue weighted by atomic mass is 9.91. The summed E-state index contributed by atoms with van der Waals surface area (Å²) in [5, 5.41) is 0. The van der Waals surface area contributed by atoms with Crippen LogP contribution in [-0.2, 0) is 0 Å². The van der Waals surface area contributed by atoms with Crippen LogP contribution in [0, 0.1) is 13.8 Å². The predicted octanol–water partition coefficient (Wildman–Crippen LogP) is 3.33. The van der Waals surface area contributed by atoms with Gasteiger partial charge < -0.3 is 10.5 Å². The zero-order chi connectivity index (χ0) is 15.1. The normalized spacial score (nSPS) is 30.4. The second-order valence-electron chi connectivity index (χ2n) is 6.85. The molecule has 2 fully saturated rings. The van der Waals surface area contributed by atoms with E-state index in [1.165, 1.54) is 29.5 Å². The molecule has 3 unspecified atom stereocenters. The predicted molar refractivity (Wildman–Crippen MR) is 86.7 cm³/mol. The van der Waals surface area contributed by atoms with E-state index in [-0.39, 0.29) is 0 Å². The van der Waals surface area contributed by atoms with Crippen molar-refractivity contribution in [1.82, 2.24) is 4.90 Å². The third-order valence-corrected chi connectivity index (χ3v) is 5.72. The maximum absolute atomic E-state index is 6.21. The van der Waals surface area contributed by atoms with Gasteiger partial charge in [0, 0.05) is 24.2 Å². The van der Waals surface area contributed by atoms with Crippen LogP contribution in [0.15, 0.2) is 12.1 Å². The van der Waals surface area contributed by atoms with Crippen molar-refractivity contribution in [3.05, 3.63) is 28.8 Å². The number of benzene rings is 1. The molecule has 21 heavy (non-hydrogen) atoms. The third kappa shape index (κ3) is 2.47. The number of methoxy groups -OCH3 is 1. The van der Waals surface area contributed by atoms with E-state index < -0.39 is 0 Å². The van der Waals surface area contributed by atoms with Crippen molar-refractivity contribution in [1.29, 1.82) is 0 Å². The summed E-state index contributed by atoms with van der Waals surface area (Å²) in [6.45, 7) is 6.74. The van der Waals surface area contributed by atoms with Gasteiger partial charge >= 0.3 is 0 Å². The first-order chi connectivity index (χ1) is 10.0. The average molecular weight is 288 g/mol. The van der Waals surface area contributed by atoms with Crippen LogP contribution < -0.4 is 10.5 Å². The number of hydrogen-bond donors (Lipinski definition) is 1. The van der Waals surface area contributed by atoms with Gasteiger partial charge in [-0.05, 0) is 69.2 Å². The Morgan fingerprint density at radius 3 is 2.33 bits per heavy atom. The first kappa shape index (κ1) is 14.9. The Bertz CT molecular complexity index is 514. The molecule has 2 heterocycles. The summed E-state index contributed by atoms with van der Waals surface area (Å²) < 4.78 is 5.44. The summed E-state index contributed by atoms with van der Waals surface area (Å²) in [7, 11) is 1.75. The molecule has 0 aliphatic carbocycles. The smallest absolute Gasteiger partial charge is 0.122 e.